The van der Waals surface area contributed by atoms with Crippen molar-refractivity contribution in [2.24, 2.45) is 4.99 Å². The standard InChI is InChI=1S/C27H25N3O2S/c31-25(21-13-6-2-7-14-21)29-26-24(20-11-4-1-5-12-20)30(19-23-17-10-18-32-23)27(33-26)28-22-15-8-3-9-16-22/h1-9,11-16,23H,10,17-19H2,(H,29,31)/t23-/m0/s1. The van der Waals surface area contributed by atoms with Gasteiger partial charge in [0.05, 0.1) is 24.0 Å². The number of ether oxygens (including phenoxy) is 1. The monoisotopic (exact) mass is 455 g/mol. The third-order valence-electron chi connectivity index (χ3n) is 5.61. The molecule has 1 aromatic heterocycles. The molecule has 1 N–H and O–H groups in total. The van der Waals surface area contributed by atoms with Gasteiger partial charge in [0.1, 0.15) is 5.00 Å². The van der Waals surface area contributed by atoms with Crippen molar-refractivity contribution in [1.29, 1.82) is 0 Å². The van der Waals surface area contributed by atoms with Crippen LogP contribution >= 0.6 is 11.3 Å². The van der Waals surface area contributed by atoms with Gasteiger partial charge in [-0.1, -0.05) is 78.1 Å². The minimum absolute atomic E-state index is 0.134. The molecule has 0 radical (unpaired) electrons. The zero-order chi connectivity index (χ0) is 22.5. The quantitative estimate of drug-likeness (QED) is 0.395. The molecule has 1 aliphatic rings. The zero-order valence-corrected chi connectivity index (χ0v) is 19.0. The summed E-state index contributed by atoms with van der Waals surface area (Å²) in [7, 11) is 0. The maximum atomic E-state index is 13.1. The average molecular weight is 456 g/mol. The Bertz CT molecular complexity index is 1280. The Morgan fingerprint density at radius 1 is 0.970 bits per heavy atom. The van der Waals surface area contributed by atoms with Gasteiger partial charge >= 0.3 is 0 Å². The fourth-order valence-corrected chi connectivity index (χ4v) is 5.08. The summed E-state index contributed by atoms with van der Waals surface area (Å²) in [5.41, 5.74) is 3.48. The predicted octanol–water partition coefficient (Wildman–Crippen LogP) is 5.88. The van der Waals surface area contributed by atoms with Crippen molar-refractivity contribution in [2.45, 2.75) is 25.5 Å². The molecule has 0 saturated carbocycles. The van der Waals surface area contributed by atoms with E-state index in [2.05, 4.69) is 22.0 Å². The molecular formula is C27H25N3O2S. The van der Waals surface area contributed by atoms with Gasteiger partial charge < -0.3 is 14.6 Å². The first-order valence-corrected chi connectivity index (χ1v) is 12.0. The molecule has 0 aliphatic carbocycles. The second-order valence-corrected chi connectivity index (χ2v) is 8.92. The summed E-state index contributed by atoms with van der Waals surface area (Å²) >= 11 is 1.49. The fourth-order valence-electron chi connectivity index (χ4n) is 4.00. The van der Waals surface area contributed by atoms with Crippen LogP contribution in [0.4, 0.5) is 10.7 Å². The molecule has 0 bridgehead atoms. The zero-order valence-electron chi connectivity index (χ0n) is 18.2. The second-order valence-electron chi connectivity index (χ2n) is 7.94. The number of nitrogens with zero attached hydrogens (tertiary/aromatic N) is 2. The number of carbonyl (C=O) groups is 1. The second kappa shape index (κ2) is 9.98. The number of benzene rings is 3. The fraction of sp³-hybridized carbons (Fsp3) is 0.185. The van der Waals surface area contributed by atoms with Crippen LogP contribution in [0.3, 0.4) is 0 Å². The molecule has 1 fully saturated rings. The Morgan fingerprint density at radius 3 is 2.30 bits per heavy atom. The van der Waals surface area contributed by atoms with Crippen LogP contribution in [0, 0.1) is 0 Å². The van der Waals surface area contributed by atoms with Gasteiger partial charge in [0.15, 0.2) is 4.80 Å². The number of rotatable bonds is 6. The average Bonchev–Trinajstić information content (AvgIpc) is 3.49. The molecule has 1 aliphatic heterocycles. The molecule has 1 amide bonds. The van der Waals surface area contributed by atoms with Crippen LogP contribution in [0.15, 0.2) is 96.0 Å². The van der Waals surface area contributed by atoms with Crippen molar-refractivity contribution in [3.05, 3.63) is 101 Å². The number of amides is 1. The van der Waals surface area contributed by atoms with Crippen molar-refractivity contribution < 1.29 is 9.53 Å². The number of nitrogens with one attached hydrogen (secondary N) is 1. The summed E-state index contributed by atoms with van der Waals surface area (Å²) in [6.07, 6.45) is 2.22. The highest BCUT2D eigenvalue weighted by Gasteiger charge is 2.23. The summed E-state index contributed by atoms with van der Waals surface area (Å²) in [5.74, 6) is -0.135. The molecule has 1 saturated heterocycles. The van der Waals surface area contributed by atoms with E-state index in [1.54, 1.807) is 0 Å². The molecule has 166 valence electrons. The van der Waals surface area contributed by atoms with Crippen LogP contribution in [0.2, 0.25) is 0 Å². The largest absolute Gasteiger partial charge is 0.376 e. The van der Waals surface area contributed by atoms with E-state index in [-0.39, 0.29) is 12.0 Å². The first kappa shape index (κ1) is 21.4. The van der Waals surface area contributed by atoms with Gasteiger partial charge in [0.25, 0.3) is 5.91 Å². The van der Waals surface area contributed by atoms with E-state index in [1.807, 2.05) is 78.9 Å². The molecule has 2 heterocycles. The molecule has 3 aromatic carbocycles. The summed E-state index contributed by atoms with van der Waals surface area (Å²) in [6.45, 7) is 1.48. The van der Waals surface area contributed by atoms with Crippen LogP contribution in [-0.4, -0.2) is 23.2 Å². The van der Waals surface area contributed by atoms with Crippen molar-refractivity contribution in [3.63, 3.8) is 0 Å². The number of carbonyl (C=O) groups excluding carboxylic acids is 1. The molecule has 5 nitrogen and oxygen atoms in total. The summed E-state index contributed by atoms with van der Waals surface area (Å²) in [5, 5.41) is 3.94. The van der Waals surface area contributed by atoms with Gasteiger partial charge in [-0.3, -0.25) is 4.79 Å². The number of para-hydroxylation sites is 1. The Kier molecular flexibility index (Phi) is 6.46. The van der Waals surface area contributed by atoms with E-state index < -0.39 is 0 Å². The summed E-state index contributed by atoms with van der Waals surface area (Å²) in [6, 6.07) is 29.4. The minimum atomic E-state index is -0.135. The van der Waals surface area contributed by atoms with Crippen molar-refractivity contribution in [2.75, 3.05) is 11.9 Å². The van der Waals surface area contributed by atoms with Crippen molar-refractivity contribution in [1.82, 2.24) is 4.57 Å². The van der Waals surface area contributed by atoms with Crippen LogP contribution in [0.1, 0.15) is 23.2 Å². The first-order chi connectivity index (χ1) is 16.3. The third kappa shape index (κ3) is 4.97. The Morgan fingerprint density at radius 2 is 1.64 bits per heavy atom. The maximum absolute atomic E-state index is 13.1. The summed E-state index contributed by atoms with van der Waals surface area (Å²) < 4.78 is 8.17. The number of anilines is 1. The molecular weight excluding hydrogens is 430 g/mol. The maximum Gasteiger partial charge on any atom is 0.256 e. The van der Waals surface area contributed by atoms with E-state index in [0.29, 0.717) is 12.1 Å². The SMILES string of the molecule is O=C(Nc1sc(=Nc2ccccc2)n(C[C@@H]2CCCO2)c1-c1ccccc1)c1ccccc1. The van der Waals surface area contributed by atoms with Crippen molar-refractivity contribution in [3.8, 4) is 11.3 Å². The lowest BCUT2D eigenvalue weighted by Gasteiger charge is -2.15. The first-order valence-electron chi connectivity index (χ1n) is 11.1. The highest BCUT2D eigenvalue weighted by molar-refractivity contribution is 7.14. The lowest BCUT2D eigenvalue weighted by atomic mass is 10.1. The van der Waals surface area contributed by atoms with Gasteiger partial charge in [0, 0.05) is 17.7 Å². The lowest BCUT2D eigenvalue weighted by Crippen LogP contribution is -2.24. The van der Waals surface area contributed by atoms with E-state index in [1.165, 1.54) is 11.3 Å². The van der Waals surface area contributed by atoms with E-state index in [0.717, 1.165) is 46.2 Å². The van der Waals surface area contributed by atoms with Crippen LogP contribution in [0.25, 0.3) is 11.3 Å². The molecule has 6 heteroatoms. The molecule has 5 rings (SSSR count). The van der Waals surface area contributed by atoms with Gasteiger partial charge in [0.2, 0.25) is 0 Å². The van der Waals surface area contributed by atoms with E-state index in [4.69, 9.17) is 9.73 Å². The van der Waals surface area contributed by atoms with Gasteiger partial charge in [-0.2, -0.15) is 0 Å². The van der Waals surface area contributed by atoms with Gasteiger partial charge in [-0.15, -0.1) is 0 Å². The normalized spacial score (nSPS) is 16.1. The Hall–Kier alpha value is -3.48. The van der Waals surface area contributed by atoms with Crippen LogP contribution in [0.5, 0.6) is 0 Å². The predicted molar refractivity (Wildman–Crippen MR) is 133 cm³/mol. The Balaban J connectivity index is 1.65. The van der Waals surface area contributed by atoms with Crippen LogP contribution < -0.4 is 10.1 Å². The molecule has 0 unspecified atom stereocenters. The topological polar surface area (TPSA) is 55.6 Å². The molecule has 0 spiro atoms. The highest BCUT2D eigenvalue weighted by atomic mass is 32.1. The highest BCUT2D eigenvalue weighted by Crippen LogP contribution is 2.32. The number of hydrogen-bond acceptors (Lipinski definition) is 4. The number of thiazole rings is 1. The molecule has 4 aromatic rings. The third-order valence-corrected chi connectivity index (χ3v) is 6.60. The van der Waals surface area contributed by atoms with E-state index >= 15 is 0 Å². The number of hydrogen-bond donors (Lipinski definition) is 1. The van der Waals surface area contributed by atoms with Gasteiger partial charge in [-0.05, 0) is 37.1 Å². The molecule has 33 heavy (non-hydrogen) atoms. The van der Waals surface area contributed by atoms with Crippen LogP contribution in [-0.2, 0) is 11.3 Å². The number of aromatic nitrogens is 1. The lowest BCUT2D eigenvalue weighted by molar-refractivity contribution is 0.0968. The van der Waals surface area contributed by atoms with E-state index in [9.17, 15) is 4.79 Å². The smallest absolute Gasteiger partial charge is 0.256 e. The Labute approximate surface area is 197 Å². The molecule has 1 atom stereocenters. The summed E-state index contributed by atoms with van der Waals surface area (Å²) in [4.78, 5) is 18.8. The minimum Gasteiger partial charge on any atom is -0.376 e. The van der Waals surface area contributed by atoms with Gasteiger partial charge in [-0.25, -0.2) is 4.99 Å². The van der Waals surface area contributed by atoms with Crippen molar-refractivity contribution >= 4 is 27.9 Å².